The highest BCUT2D eigenvalue weighted by Crippen LogP contribution is 2.28. The molecule has 0 aliphatic carbocycles. The Morgan fingerprint density at radius 3 is 2.04 bits per heavy atom. The monoisotopic (exact) mass is 707 g/mol. The van der Waals surface area contributed by atoms with Gasteiger partial charge in [-0.1, -0.05) is 110 Å². The van der Waals surface area contributed by atoms with Gasteiger partial charge in [-0.2, -0.15) is 0 Å². The van der Waals surface area contributed by atoms with Crippen LogP contribution in [-0.4, -0.2) is 43.8 Å². The van der Waals surface area contributed by atoms with Crippen molar-refractivity contribution < 1.29 is 18.0 Å². The number of nitrogens with zero attached hydrogens (tertiary/aromatic N) is 2. The summed E-state index contributed by atoms with van der Waals surface area (Å²) in [5, 5.41) is 3.70. The van der Waals surface area contributed by atoms with Gasteiger partial charge in [-0.3, -0.25) is 13.9 Å². The molecule has 4 aromatic carbocycles. The largest absolute Gasteiger partial charge is 0.352 e. The molecule has 0 spiro atoms. The molecular formula is C38H43Cl2N3O4S. The molecule has 0 unspecified atom stereocenters. The zero-order chi connectivity index (χ0) is 35.0. The van der Waals surface area contributed by atoms with Gasteiger partial charge in [0.1, 0.15) is 12.6 Å². The van der Waals surface area contributed by atoms with Crippen LogP contribution in [0.25, 0.3) is 0 Å². The summed E-state index contributed by atoms with van der Waals surface area (Å²) in [5.74, 6) is -0.659. The molecular weight excluding hydrogens is 665 g/mol. The second-order valence-electron chi connectivity index (χ2n) is 12.4. The molecule has 4 aromatic rings. The molecule has 48 heavy (non-hydrogen) atoms. The van der Waals surface area contributed by atoms with Crippen LogP contribution in [0.1, 0.15) is 62.3 Å². The molecule has 4 rings (SSSR count). The molecule has 0 aromatic heterocycles. The molecule has 0 saturated carbocycles. The van der Waals surface area contributed by atoms with E-state index in [-0.39, 0.29) is 35.7 Å². The van der Waals surface area contributed by atoms with E-state index in [1.807, 2.05) is 63.2 Å². The van der Waals surface area contributed by atoms with Crippen LogP contribution in [0.15, 0.2) is 102 Å². The third-order valence-electron chi connectivity index (χ3n) is 8.34. The summed E-state index contributed by atoms with van der Waals surface area (Å²) in [6.45, 7) is 9.30. The Morgan fingerprint density at radius 1 is 0.812 bits per heavy atom. The number of carbonyl (C=O) groups is 2. The first-order valence-electron chi connectivity index (χ1n) is 16.1. The van der Waals surface area contributed by atoms with Gasteiger partial charge in [0.25, 0.3) is 10.0 Å². The minimum atomic E-state index is -4.20. The molecule has 0 fully saturated rings. The Hall–Kier alpha value is -3.85. The van der Waals surface area contributed by atoms with Crippen LogP contribution in [-0.2, 0) is 32.6 Å². The smallest absolute Gasteiger partial charge is 0.264 e. The highest BCUT2D eigenvalue weighted by atomic mass is 35.5. The molecule has 7 nitrogen and oxygen atoms in total. The lowest BCUT2D eigenvalue weighted by molar-refractivity contribution is -0.140. The van der Waals surface area contributed by atoms with Crippen LogP contribution in [0.4, 0.5) is 5.69 Å². The van der Waals surface area contributed by atoms with Crippen molar-refractivity contribution in [3.8, 4) is 0 Å². The van der Waals surface area contributed by atoms with E-state index in [2.05, 4.69) is 19.2 Å². The second-order valence-corrected chi connectivity index (χ2v) is 15.0. The van der Waals surface area contributed by atoms with Crippen LogP contribution in [0.3, 0.4) is 0 Å². The Kier molecular flexibility index (Phi) is 12.7. The van der Waals surface area contributed by atoms with Gasteiger partial charge < -0.3 is 10.2 Å². The van der Waals surface area contributed by atoms with Crippen LogP contribution in [0.5, 0.6) is 0 Å². The number of benzene rings is 4. The minimum absolute atomic E-state index is 0.00808. The second kappa shape index (κ2) is 16.5. The number of aryl methyl sites for hydroxylation is 1. The SMILES string of the molecule is CC[C@H](C)NC(=O)[C@H](Cc1ccccc1)N(Cc1ccc(Cl)c(Cl)c1)C(=O)CN(c1ccc(C(C)C)cc1)S(=O)(=O)c1ccc(C)cc1. The van der Waals surface area contributed by atoms with E-state index >= 15 is 0 Å². The molecule has 2 atom stereocenters. The van der Waals surface area contributed by atoms with Gasteiger partial charge in [0.15, 0.2) is 0 Å². The maximum atomic E-state index is 14.7. The van der Waals surface area contributed by atoms with E-state index in [1.54, 1.807) is 42.5 Å². The van der Waals surface area contributed by atoms with Gasteiger partial charge in [-0.05, 0) is 79.3 Å². The summed E-state index contributed by atoms with van der Waals surface area (Å²) in [6, 6.07) is 27.1. The highest BCUT2D eigenvalue weighted by molar-refractivity contribution is 7.92. The molecule has 0 aliphatic heterocycles. The standard InChI is InChI=1S/C38H43Cl2N3O4S/c1-6-28(5)41-38(45)36(23-29-10-8-7-9-11-29)42(24-30-14-21-34(39)35(40)22-30)37(44)25-43(32-17-15-31(16-18-32)26(2)3)48(46,47)33-19-12-27(4)13-20-33/h7-22,26,28,36H,6,23-25H2,1-5H3,(H,41,45)/t28-,36-/m0/s1. The molecule has 0 radical (unpaired) electrons. The first-order valence-corrected chi connectivity index (χ1v) is 18.3. The molecule has 10 heteroatoms. The Bertz CT molecular complexity index is 1800. The number of rotatable bonds is 14. The zero-order valence-corrected chi connectivity index (χ0v) is 30.3. The molecule has 0 aliphatic rings. The number of carbonyl (C=O) groups excluding carboxylic acids is 2. The number of amides is 2. The van der Waals surface area contributed by atoms with Gasteiger partial charge in [0.2, 0.25) is 11.8 Å². The molecule has 254 valence electrons. The summed E-state index contributed by atoms with van der Waals surface area (Å²) in [7, 11) is -4.20. The summed E-state index contributed by atoms with van der Waals surface area (Å²) in [6.07, 6.45) is 0.906. The third-order valence-corrected chi connectivity index (χ3v) is 10.9. The predicted molar refractivity (Wildman–Crippen MR) is 195 cm³/mol. The zero-order valence-electron chi connectivity index (χ0n) is 28.0. The fraction of sp³-hybridized carbons (Fsp3) is 0.316. The van der Waals surface area contributed by atoms with Gasteiger partial charge in [-0.15, -0.1) is 0 Å². The molecule has 1 N–H and O–H groups in total. The van der Waals surface area contributed by atoms with Crippen molar-refractivity contribution in [2.24, 2.45) is 0 Å². The Labute approximate surface area is 294 Å². The van der Waals surface area contributed by atoms with Gasteiger partial charge in [0.05, 0.1) is 20.6 Å². The van der Waals surface area contributed by atoms with Crippen molar-refractivity contribution in [2.45, 2.75) is 76.9 Å². The number of hydrogen-bond acceptors (Lipinski definition) is 4. The number of halogens is 2. The fourth-order valence-electron chi connectivity index (χ4n) is 5.22. The fourth-order valence-corrected chi connectivity index (χ4v) is 6.96. The van der Waals surface area contributed by atoms with Gasteiger partial charge in [-0.25, -0.2) is 8.42 Å². The molecule has 0 bridgehead atoms. The van der Waals surface area contributed by atoms with Crippen LogP contribution in [0, 0.1) is 6.92 Å². The first kappa shape index (κ1) is 37.0. The molecule has 0 heterocycles. The van der Waals surface area contributed by atoms with Crippen LogP contribution >= 0.6 is 23.2 Å². The third kappa shape index (κ3) is 9.40. The summed E-state index contributed by atoms with van der Waals surface area (Å²) in [4.78, 5) is 30.2. The maximum absolute atomic E-state index is 14.7. The predicted octanol–water partition coefficient (Wildman–Crippen LogP) is 8.18. The minimum Gasteiger partial charge on any atom is -0.352 e. The van der Waals surface area contributed by atoms with Gasteiger partial charge >= 0.3 is 0 Å². The van der Waals surface area contributed by atoms with E-state index in [1.165, 1.54) is 17.0 Å². The lowest BCUT2D eigenvalue weighted by Crippen LogP contribution is -2.54. The topological polar surface area (TPSA) is 86.8 Å². The van der Waals surface area contributed by atoms with E-state index in [0.29, 0.717) is 27.7 Å². The Morgan fingerprint density at radius 2 is 1.46 bits per heavy atom. The van der Waals surface area contributed by atoms with Crippen molar-refractivity contribution in [3.63, 3.8) is 0 Å². The number of nitrogens with one attached hydrogen (secondary N) is 1. The molecule has 2 amide bonds. The molecule has 0 saturated heterocycles. The number of anilines is 1. The lowest BCUT2D eigenvalue weighted by atomic mass is 10.0. The summed E-state index contributed by atoms with van der Waals surface area (Å²) >= 11 is 12.6. The first-order chi connectivity index (χ1) is 22.8. The van der Waals surface area contributed by atoms with Crippen molar-refractivity contribution in [2.75, 3.05) is 10.8 Å². The van der Waals surface area contributed by atoms with E-state index in [4.69, 9.17) is 23.2 Å². The number of hydrogen-bond donors (Lipinski definition) is 1. The average molecular weight is 709 g/mol. The quantitative estimate of drug-likeness (QED) is 0.143. The van der Waals surface area contributed by atoms with Crippen LogP contribution in [0.2, 0.25) is 10.0 Å². The van der Waals surface area contributed by atoms with Crippen LogP contribution < -0.4 is 9.62 Å². The van der Waals surface area contributed by atoms with Gasteiger partial charge in [0, 0.05) is 19.0 Å². The number of sulfonamides is 1. The van der Waals surface area contributed by atoms with E-state index in [9.17, 15) is 18.0 Å². The lowest BCUT2D eigenvalue weighted by Gasteiger charge is -2.34. The normalized spacial score (nSPS) is 12.8. The average Bonchev–Trinajstić information content (AvgIpc) is 3.07. The van der Waals surface area contributed by atoms with Crippen molar-refractivity contribution >= 4 is 50.7 Å². The van der Waals surface area contributed by atoms with E-state index in [0.717, 1.165) is 21.0 Å². The maximum Gasteiger partial charge on any atom is 0.264 e. The Balaban J connectivity index is 1.83. The van der Waals surface area contributed by atoms with Crippen molar-refractivity contribution in [3.05, 3.63) is 129 Å². The summed E-state index contributed by atoms with van der Waals surface area (Å²) in [5.41, 5.74) is 3.76. The van der Waals surface area contributed by atoms with Crippen molar-refractivity contribution in [1.82, 2.24) is 10.2 Å². The van der Waals surface area contributed by atoms with E-state index < -0.39 is 28.5 Å². The summed E-state index contributed by atoms with van der Waals surface area (Å²) < 4.78 is 29.7. The van der Waals surface area contributed by atoms with Crippen molar-refractivity contribution in [1.29, 1.82) is 0 Å². The highest BCUT2D eigenvalue weighted by Gasteiger charge is 2.35.